The third kappa shape index (κ3) is 2.98. The fourth-order valence-electron chi connectivity index (χ4n) is 4.21. The van der Waals surface area contributed by atoms with E-state index in [4.69, 9.17) is 9.47 Å². The lowest BCUT2D eigenvalue weighted by atomic mass is 9.82. The van der Waals surface area contributed by atoms with Crippen LogP contribution in [0.15, 0.2) is 0 Å². The lowest BCUT2D eigenvalue weighted by molar-refractivity contribution is -0.0901. The topological polar surface area (TPSA) is 30.5 Å². The molecule has 2 atom stereocenters. The first kappa shape index (κ1) is 13.8. The average molecular weight is 267 g/mol. The van der Waals surface area contributed by atoms with Crippen LogP contribution in [0.3, 0.4) is 0 Å². The van der Waals surface area contributed by atoms with Gasteiger partial charge in [0, 0.05) is 32.2 Å². The average Bonchev–Trinajstić information content (AvgIpc) is 3.07. The summed E-state index contributed by atoms with van der Waals surface area (Å²) in [4.78, 5) is 0. The van der Waals surface area contributed by atoms with Crippen molar-refractivity contribution in [2.24, 2.45) is 5.41 Å². The van der Waals surface area contributed by atoms with E-state index in [2.05, 4.69) is 12.2 Å². The Morgan fingerprint density at radius 1 is 1.16 bits per heavy atom. The molecule has 3 nitrogen and oxygen atoms in total. The maximum atomic E-state index is 6.01. The van der Waals surface area contributed by atoms with Crippen LogP contribution in [0.5, 0.6) is 0 Å². The maximum Gasteiger partial charge on any atom is 0.0951 e. The summed E-state index contributed by atoms with van der Waals surface area (Å²) in [6, 6.07) is 0.638. The number of hydrogen-bond donors (Lipinski definition) is 1. The largest absolute Gasteiger partial charge is 0.378 e. The number of ether oxygens (including phenoxy) is 2. The van der Waals surface area contributed by atoms with E-state index in [-0.39, 0.29) is 5.60 Å². The minimum Gasteiger partial charge on any atom is -0.378 e. The van der Waals surface area contributed by atoms with Crippen molar-refractivity contribution in [3.63, 3.8) is 0 Å². The molecule has 0 aromatic carbocycles. The van der Waals surface area contributed by atoms with Crippen LogP contribution in [0.1, 0.15) is 58.3 Å². The highest BCUT2D eigenvalue weighted by atomic mass is 16.6. The summed E-state index contributed by atoms with van der Waals surface area (Å²) in [7, 11) is 0. The van der Waals surface area contributed by atoms with Gasteiger partial charge in [-0.25, -0.2) is 0 Å². The first-order valence-electron chi connectivity index (χ1n) is 8.21. The minimum absolute atomic E-state index is 0.0466. The first-order valence-corrected chi connectivity index (χ1v) is 8.21. The van der Waals surface area contributed by atoms with E-state index in [1.165, 1.54) is 45.1 Å². The SMILES string of the molecule is CCC1(CNC2CCOC3(CCOC3)C2)CCCC1. The fraction of sp³-hybridized carbons (Fsp3) is 1.00. The third-order valence-electron chi connectivity index (χ3n) is 5.74. The molecule has 1 aliphatic carbocycles. The molecule has 2 heterocycles. The zero-order chi connectivity index (χ0) is 13.2. The van der Waals surface area contributed by atoms with Crippen LogP contribution < -0.4 is 5.32 Å². The molecule has 3 rings (SSSR count). The van der Waals surface area contributed by atoms with E-state index in [1.807, 2.05) is 0 Å². The van der Waals surface area contributed by atoms with Crippen molar-refractivity contribution in [2.45, 2.75) is 69.9 Å². The predicted molar refractivity (Wildman–Crippen MR) is 76.3 cm³/mol. The van der Waals surface area contributed by atoms with E-state index in [1.54, 1.807) is 0 Å². The van der Waals surface area contributed by atoms with E-state index < -0.39 is 0 Å². The monoisotopic (exact) mass is 267 g/mol. The highest BCUT2D eigenvalue weighted by Gasteiger charge is 2.41. The van der Waals surface area contributed by atoms with Crippen molar-refractivity contribution in [3.05, 3.63) is 0 Å². The van der Waals surface area contributed by atoms with Gasteiger partial charge in [-0.15, -0.1) is 0 Å². The van der Waals surface area contributed by atoms with E-state index in [0.29, 0.717) is 11.5 Å². The van der Waals surface area contributed by atoms with E-state index in [9.17, 15) is 0 Å². The van der Waals surface area contributed by atoms with Crippen molar-refractivity contribution in [2.75, 3.05) is 26.4 Å². The van der Waals surface area contributed by atoms with Gasteiger partial charge in [0.1, 0.15) is 0 Å². The summed E-state index contributed by atoms with van der Waals surface area (Å²) in [5.74, 6) is 0. The van der Waals surface area contributed by atoms with Crippen molar-refractivity contribution in [3.8, 4) is 0 Å². The molecule has 0 aromatic rings. The summed E-state index contributed by atoms with van der Waals surface area (Å²) in [6.07, 6.45) is 10.4. The molecule has 0 radical (unpaired) electrons. The minimum atomic E-state index is 0.0466. The highest BCUT2D eigenvalue weighted by Crippen LogP contribution is 2.41. The fourth-order valence-corrected chi connectivity index (χ4v) is 4.21. The predicted octanol–water partition coefficient (Wildman–Crippen LogP) is 2.88. The Hall–Kier alpha value is -0.120. The molecule has 0 amide bonds. The van der Waals surface area contributed by atoms with Gasteiger partial charge < -0.3 is 14.8 Å². The summed E-state index contributed by atoms with van der Waals surface area (Å²) >= 11 is 0. The Balaban J connectivity index is 1.52. The van der Waals surface area contributed by atoms with Gasteiger partial charge in [0.25, 0.3) is 0 Å². The van der Waals surface area contributed by atoms with E-state index >= 15 is 0 Å². The molecular weight excluding hydrogens is 238 g/mol. The Morgan fingerprint density at radius 2 is 2.00 bits per heavy atom. The van der Waals surface area contributed by atoms with Gasteiger partial charge in [0.05, 0.1) is 12.2 Å². The number of rotatable bonds is 4. The molecule has 2 aliphatic heterocycles. The molecule has 2 unspecified atom stereocenters. The summed E-state index contributed by atoms with van der Waals surface area (Å²) < 4.78 is 11.6. The van der Waals surface area contributed by atoms with Crippen LogP contribution in [-0.2, 0) is 9.47 Å². The second-order valence-electron chi connectivity index (χ2n) is 6.97. The van der Waals surface area contributed by atoms with Crippen LogP contribution >= 0.6 is 0 Å². The van der Waals surface area contributed by atoms with E-state index in [0.717, 1.165) is 32.7 Å². The number of nitrogens with one attached hydrogen (secondary N) is 1. The van der Waals surface area contributed by atoms with Crippen molar-refractivity contribution >= 4 is 0 Å². The quantitative estimate of drug-likeness (QED) is 0.849. The Bertz CT molecular complexity index is 293. The van der Waals surface area contributed by atoms with Crippen LogP contribution in [-0.4, -0.2) is 38.0 Å². The Labute approximate surface area is 117 Å². The van der Waals surface area contributed by atoms with Crippen LogP contribution in [0.2, 0.25) is 0 Å². The molecule has 1 N–H and O–H groups in total. The second-order valence-corrected chi connectivity index (χ2v) is 6.97. The zero-order valence-electron chi connectivity index (χ0n) is 12.4. The lowest BCUT2D eigenvalue weighted by Gasteiger charge is -2.39. The van der Waals surface area contributed by atoms with Gasteiger partial charge in [-0.1, -0.05) is 19.8 Å². The summed E-state index contributed by atoms with van der Waals surface area (Å²) in [5, 5.41) is 3.87. The molecule has 2 saturated heterocycles. The number of hydrogen-bond acceptors (Lipinski definition) is 3. The van der Waals surface area contributed by atoms with Crippen LogP contribution in [0, 0.1) is 5.41 Å². The smallest absolute Gasteiger partial charge is 0.0951 e. The molecule has 0 aromatic heterocycles. The second kappa shape index (κ2) is 5.71. The molecule has 3 aliphatic rings. The van der Waals surface area contributed by atoms with Crippen molar-refractivity contribution in [1.29, 1.82) is 0 Å². The molecule has 1 saturated carbocycles. The van der Waals surface area contributed by atoms with Gasteiger partial charge in [-0.2, -0.15) is 0 Å². The molecule has 3 heteroatoms. The third-order valence-corrected chi connectivity index (χ3v) is 5.74. The summed E-state index contributed by atoms with van der Waals surface area (Å²) in [5.41, 5.74) is 0.641. The Kier molecular flexibility index (Phi) is 4.16. The van der Waals surface area contributed by atoms with Crippen molar-refractivity contribution < 1.29 is 9.47 Å². The lowest BCUT2D eigenvalue weighted by Crippen LogP contribution is -2.49. The van der Waals surface area contributed by atoms with Gasteiger partial charge in [0.15, 0.2) is 0 Å². The molecule has 110 valence electrons. The molecule has 1 spiro atoms. The molecule has 0 bridgehead atoms. The van der Waals surface area contributed by atoms with Crippen LogP contribution in [0.4, 0.5) is 0 Å². The molecular formula is C16H29NO2. The normalized spacial score (nSPS) is 38.1. The standard InChI is InChI=1S/C16H29NO2/c1-2-15(6-3-4-7-15)12-17-14-5-9-19-16(11-14)8-10-18-13-16/h14,17H,2-13H2,1H3. The van der Waals surface area contributed by atoms with Crippen LogP contribution in [0.25, 0.3) is 0 Å². The Morgan fingerprint density at radius 3 is 2.68 bits per heavy atom. The summed E-state index contributed by atoms with van der Waals surface area (Å²) in [6.45, 7) is 6.17. The van der Waals surface area contributed by atoms with Gasteiger partial charge in [-0.3, -0.25) is 0 Å². The molecule has 19 heavy (non-hydrogen) atoms. The molecule has 3 fully saturated rings. The first-order chi connectivity index (χ1) is 9.26. The van der Waals surface area contributed by atoms with Crippen molar-refractivity contribution in [1.82, 2.24) is 5.32 Å². The highest BCUT2D eigenvalue weighted by molar-refractivity contribution is 4.94. The van der Waals surface area contributed by atoms with Gasteiger partial charge in [0.2, 0.25) is 0 Å². The van der Waals surface area contributed by atoms with Gasteiger partial charge in [-0.05, 0) is 37.5 Å². The maximum absolute atomic E-state index is 6.01. The van der Waals surface area contributed by atoms with Gasteiger partial charge >= 0.3 is 0 Å². The zero-order valence-corrected chi connectivity index (χ0v) is 12.4.